The van der Waals surface area contributed by atoms with Gasteiger partial charge in [-0.3, -0.25) is 0 Å². The van der Waals surface area contributed by atoms with Crippen LogP contribution in [0.15, 0.2) is 24.3 Å². The van der Waals surface area contributed by atoms with E-state index in [2.05, 4.69) is 45.1 Å². The Kier molecular flexibility index (Phi) is 5.28. The predicted molar refractivity (Wildman–Crippen MR) is 86.8 cm³/mol. The van der Waals surface area contributed by atoms with Crippen LogP contribution in [0, 0.1) is 5.92 Å². The number of hydrogen-bond donors (Lipinski definition) is 2. The zero-order valence-electron chi connectivity index (χ0n) is 13.7. The monoisotopic (exact) mass is 291 g/mol. The van der Waals surface area contributed by atoms with Gasteiger partial charge in [0.05, 0.1) is 12.1 Å². The smallest absolute Gasteiger partial charge is 0.119 e. The fourth-order valence-corrected chi connectivity index (χ4v) is 2.88. The molecule has 0 heterocycles. The van der Waals surface area contributed by atoms with Gasteiger partial charge in [0, 0.05) is 6.04 Å². The molecule has 2 N–H and O–H groups in total. The van der Waals surface area contributed by atoms with E-state index in [1.165, 1.54) is 18.4 Å². The maximum atomic E-state index is 9.91. The minimum absolute atomic E-state index is 0.125. The Hall–Kier alpha value is -1.06. The van der Waals surface area contributed by atoms with Crippen LogP contribution >= 0.6 is 0 Å². The standard InChI is InChI=1S/C18H29NO2/c1-13(2)15-6-5-7-17(10-15)21-12-18(11-20,16-8-9-16)19-14(3)4/h5-7,10,13-14,16,19-20H,8-9,11-12H2,1-4H3. The molecule has 0 saturated heterocycles. The Balaban J connectivity index is 2.06. The summed E-state index contributed by atoms with van der Waals surface area (Å²) in [5.41, 5.74) is 0.979. The van der Waals surface area contributed by atoms with Crippen molar-refractivity contribution in [1.82, 2.24) is 5.32 Å². The molecule has 118 valence electrons. The van der Waals surface area contributed by atoms with E-state index in [9.17, 15) is 5.11 Å². The Morgan fingerprint density at radius 3 is 2.52 bits per heavy atom. The maximum absolute atomic E-state index is 9.91. The highest BCUT2D eigenvalue weighted by Gasteiger charge is 2.45. The first-order chi connectivity index (χ1) is 9.97. The van der Waals surface area contributed by atoms with E-state index < -0.39 is 0 Å². The molecule has 3 heteroatoms. The normalized spacial score (nSPS) is 18.0. The summed E-state index contributed by atoms with van der Waals surface area (Å²) in [6.45, 7) is 9.25. The molecule has 0 bridgehead atoms. The van der Waals surface area contributed by atoms with Crippen LogP contribution in [0.2, 0.25) is 0 Å². The third kappa shape index (κ3) is 4.21. The minimum Gasteiger partial charge on any atom is -0.492 e. The molecule has 1 atom stereocenters. The van der Waals surface area contributed by atoms with E-state index in [1.54, 1.807) is 0 Å². The predicted octanol–water partition coefficient (Wildman–Crippen LogP) is 3.33. The molecule has 0 aromatic heterocycles. The van der Waals surface area contributed by atoms with E-state index >= 15 is 0 Å². The molecule has 21 heavy (non-hydrogen) atoms. The molecule has 1 unspecified atom stereocenters. The number of nitrogens with one attached hydrogen (secondary N) is 1. The van der Waals surface area contributed by atoms with Crippen molar-refractivity contribution in [3.8, 4) is 5.75 Å². The third-order valence-corrected chi connectivity index (χ3v) is 4.24. The average molecular weight is 291 g/mol. The molecule has 1 aromatic carbocycles. The second kappa shape index (κ2) is 6.80. The molecular weight excluding hydrogens is 262 g/mol. The summed E-state index contributed by atoms with van der Waals surface area (Å²) in [6.07, 6.45) is 2.35. The van der Waals surface area contributed by atoms with Gasteiger partial charge in [-0.2, -0.15) is 0 Å². The zero-order valence-corrected chi connectivity index (χ0v) is 13.7. The van der Waals surface area contributed by atoms with Crippen molar-refractivity contribution in [2.24, 2.45) is 5.92 Å². The SMILES string of the molecule is CC(C)NC(CO)(COc1cccc(C(C)C)c1)C1CC1. The Morgan fingerprint density at radius 1 is 1.29 bits per heavy atom. The van der Waals surface area contributed by atoms with Crippen LogP contribution in [0.3, 0.4) is 0 Å². The lowest BCUT2D eigenvalue weighted by Crippen LogP contribution is -2.57. The molecule has 0 amide bonds. The van der Waals surface area contributed by atoms with Crippen molar-refractivity contribution in [2.45, 2.75) is 58.0 Å². The van der Waals surface area contributed by atoms with E-state index in [-0.39, 0.29) is 12.1 Å². The summed E-state index contributed by atoms with van der Waals surface area (Å²) in [4.78, 5) is 0. The van der Waals surface area contributed by atoms with Gasteiger partial charge in [-0.1, -0.05) is 39.8 Å². The largest absolute Gasteiger partial charge is 0.492 e. The van der Waals surface area contributed by atoms with Crippen LogP contribution in [0.4, 0.5) is 0 Å². The van der Waals surface area contributed by atoms with Crippen molar-refractivity contribution < 1.29 is 9.84 Å². The fraction of sp³-hybridized carbons (Fsp3) is 0.667. The van der Waals surface area contributed by atoms with Crippen LogP contribution in [0.1, 0.15) is 52.0 Å². The summed E-state index contributed by atoms with van der Waals surface area (Å²) >= 11 is 0. The van der Waals surface area contributed by atoms with Crippen LogP contribution in [0.5, 0.6) is 5.75 Å². The summed E-state index contributed by atoms with van der Waals surface area (Å²) in [6, 6.07) is 8.61. The topological polar surface area (TPSA) is 41.5 Å². The van der Waals surface area contributed by atoms with Gasteiger partial charge in [0.15, 0.2) is 0 Å². The van der Waals surface area contributed by atoms with E-state index in [1.807, 2.05) is 12.1 Å². The summed E-state index contributed by atoms with van der Waals surface area (Å²) in [7, 11) is 0. The molecule has 1 aromatic rings. The number of benzene rings is 1. The molecule has 0 spiro atoms. The molecule has 1 saturated carbocycles. The molecule has 2 rings (SSSR count). The fourth-order valence-electron chi connectivity index (χ4n) is 2.88. The number of rotatable bonds is 8. The molecular formula is C18H29NO2. The second-order valence-corrected chi connectivity index (χ2v) is 6.90. The average Bonchev–Trinajstić information content (AvgIpc) is 3.28. The zero-order chi connectivity index (χ0) is 15.5. The van der Waals surface area contributed by atoms with Crippen molar-refractivity contribution >= 4 is 0 Å². The van der Waals surface area contributed by atoms with Crippen molar-refractivity contribution in [3.05, 3.63) is 29.8 Å². The first kappa shape index (κ1) is 16.3. The Labute approximate surface area is 128 Å². The molecule has 1 aliphatic carbocycles. The van der Waals surface area contributed by atoms with Crippen LogP contribution in [-0.4, -0.2) is 29.9 Å². The van der Waals surface area contributed by atoms with Gasteiger partial charge in [0.1, 0.15) is 12.4 Å². The van der Waals surface area contributed by atoms with Gasteiger partial charge >= 0.3 is 0 Å². The highest BCUT2D eigenvalue weighted by atomic mass is 16.5. The van der Waals surface area contributed by atoms with E-state index in [4.69, 9.17) is 4.74 Å². The summed E-state index contributed by atoms with van der Waals surface area (Å²) in [5.74, 6) is 1.91. The van der Waals surface area contributed by atoms with Crippen LogP contribution in [-0.2, 0) is 0 Å². The van der Waals surface area contributed by atoms with Crippen molar-refractivity contribution in [2.75, 3.05) is 13.2 Å². The highest BCUT2D eigenvalue weighted by molar-refractivity contribution is 5.30. The number of ether oxygens (including phenoxy) is 1. The van der Waals surface area contributed by atoms with Gasteiger partial charge in [-0.15, -0.1) is 0 Å². The summed E-state index contributed by atoms with van der Waals surface area (Å²) in [5, 5.41) is 13.5. The van der Waals surface area contributed by atoms with Gasteiger partial charge in [-0.05, 0) is 42.4 Å². The first-order valence-corrected chi connectivity index (χ1v) is 8.08. The first-order valence-electron chi connectivity index (χ1n) is 8.08. The Bertz CT molecular complexity index is 454. The van der Waals surface area contributed by atoms with Gasteiger partial charge < -0.3 is 15.2 Å². The van der Waals surface area contributed by atoms with E-state index in [0.717, 1.165) is 5.75 Å². The van der Waals surface area contributed by atoms with Crippen molar-refractivity contribution in [1.29, 1.82) is 0 Å². The molecule has 3 nitrogen and oxygen atoms in total. The highest BCUT2D eigenvalue weighted by Crippen LogP contribution is 2.40. The van der Waals surface area contributed by atoms with Crippen LogP contribution in [0.25, 0.3) is 0 Å². The van der Waals surface area contributed by atoms with Crippen molar-refractivity contribution in [3.63, 3.8) is 0 Å². The number of hydrogen-bond acceptors (Lipinski definition) is 3. The lowest BCUT2D eigenvalue weighted by Gasteiger charge is -2.35. The molecule has 0 radical (unpaired) electrons. The molecule has 1 aliphatic rings. The number of aliphatic hydroxyl groups excluding tert-OH is 1. The minimum atomic E-state index is -0.304. The lowest BCUT2D eigenvalue weighted by molar-refractivity contribution is 0.0778. The maximum Gasteiger partial charge on any atom is 0.119 e. The quantitative estimate of drug-likeness (QED) is 0.772. The summed E-state index contributed by atoms with van der Waals surface area (Å²) < 4.78 is 6.03. The second-order valence-electron chi connectivity index (χ2n) is 6.90. The van der Waals surface area contributed by atoms with E-state index in [0.29, 0.717) is 24.5 Å². The molecule has 0 aliphatic heterocycles. The van der Waals surface area contributed by atoms with Gasteiger partial charge in [0.2, 0.25) is 0 Å². The Morgan fingerprint density at radius 2 is 2.00 bits per heavy atom. The number of aliphatic hydroxyl groups is 1. The van der Waals surface area contributed by atoms with Gasteiger partial charge in [-0.25, -0.2) is 0 Å². The van der Waals surface area contributed by atoms with Gasteiger partial charge in [0.25, 0.3) is 0 Å². The van der Waals surface area contributed by atoms with Crippen LogP contribution < -0.4 is 10.1 Å². The molecule has 1 fully saturated rings. The third-order valence-electron chi connectivity index (χ3n) is 4.24. The lowest BCUT2D eigenvalue weighted by atomic mass is 9.94.